The van der Waals surface area contributed by atoms with Gasteiger partial charge in [-0.15, -0.1) is 0 Å². The summed E-state index contributed by atoms with van der Waals surface area (Å²) < 4.78 is 67.8. The van der Waals surface area contributed by atoms with Gasteiger partial charge in [-0.25, -0.2) is 0 Å². The van der Waals surface area contributed by atoms with Crippen LogP contribution in [0.5, 0.6) is 69.0 Å². The summed E-state index contributed by atoms with van der Waals surface area (Å²) >= 11 is 0. The molecule has 0 unspecified atom stereocenters. The molecular formula is C70H56N2O12. The second-order valence-corrected chi connectivity index (χ2v) is 17.5. The number of nitrogens with zero attached hydrogens (tertiary/aromatic N) is 2. The molecule has 0 spiro atoms. The van der Waals surface area contributed by atoms with Gasteiger partial charge in [-0.1, -0.05) is 71.0 Å². The van der Waals surface area contributed by atoms with Gasteiger partial charge in [-0.3, -0.25) is 9.97 Å². The largest absolute Gasteiger partial charge is 0.497 e. The highest BCUT2D eigenvalue weighted by atomic mass is 16.5. The van der Waals surface area contributed by atoms with Crippen molar-refractivity contribution in [3.63, 3.8) is 0 Å². The van der Waals surface area contributed by atoms with E-state index in [1.807, 2.05) is 36.4 Å². The summed E-state index contributed by atoms with van der Waals surface area (Å²) in [6.45, 7) is 0. The van der Waals surface area contributed by atoms with E-state index < -0.39 is 0 Å². The number of rotatable bonds is 13. The van der Waals surface area contributed by atoms with Crippen molar-refractivity contribution >= 4 is 0 Å². The molecule has 8 aromatic rings. The highest BCUT2D eigenvalue weighted by molar-refractivity contribution is 5.67. The third-order valence-electron chi connectivity index (χ3n) is 12.7. The van der Waals surface area contributed by atoms with Gasteiger partial charge in [0.15, 0.2) is 0 Å². The van der Waals surface area contributed by atoms with Gasteiger partial charge in [-0.2, -0.15) is 0 Å². The van der Waals surface area contributed by atoms with Crippen LogP contribution in [0, 0.1) is 71.0 Å². The van der Waals surface area contributed by atoms with E-state index in [0.717, 1.165) is 0 Å². The van der Waals surface area contributed by atoms with Gasteiger partial charge in [0.25, 0.3) is 0 Å². The maximum Gasteiger partial charge on any atom is 0.136 e. The molecule has 0 saturated carbocycles. The van der Waals surface area contributed by atoms with Crippen LogP contribution in [0.1, 0.15) is 66.8 Å². The predicted octanol–water partition coefficient (Wildman–Crippen LogP) is 10.6. The maximum atomic E-state index is 5.77. The number of ether oxygens (including phenoxy) is 12. The first-order valence-corrected chi connectivity index (χ1v) is 25.6. The van der Waals surface area contributed by atoms with Crippen molar-refractivity contribution in [3.8, 4) is 151 Å². The van der Waals surface area contributed by atoms with E-state index in [0.29, 0.717) is 147 Å². The third-order valence-corrected chi connectivity index (χ3v) is 12.7. The van der Waals surface area contributed by atoms with Gasteiger partial charge < -0.3 is 56.8 Å². The summed E-state index contributed by atoms with van der Waals surface area (Å²) in [5.74, 6) is 44.8. The fraction of sp³-hybridized carbons (Fsp3) is 0.171. The Hall–Kier alpha value is -11.4. The molecule has 0 aliphatic heterocycles. The highest BCUT2D eigenvalue weighted by Gasteiger charge is 2.15. The zero-order valence-corrected chi connectivity index (χ0v) is 48.3. The molecule has 0 fully saturated rings. The molecule has 0 aliphatic rings. The minimum absolute atomic E-state index is 0.498. The van der Waals surface area contributed by atoms with Crippen molar-refractivity contribution in [3.05, 3.63) is 188 Å². The molecule has 0 atom stereocenters. The Kier molecular flexibility index (Phi) is 19.7. The normalized spacial score (nSPS) is 9.81. The van der Waals surface area contributed by atoms with Crippen molar-refractivity contribution in [2.75, 3.05) is 85.3 Å². The summed E-state index contributed by atoms with van der Waals surface area (Å²) in [5.41, 5.74) is 8.63. The lowest BCUT2D eigenvalue weighted by Gasteiger charge is -2.10. The Bertz CT molecular complexity index is 3890. The number of benzene rings is 6. The summed E-state index contributed by atoms with van der Waals surface area (Å²) in [4.78, 5) is 9.31. The molecular weight excluding hydrogens is 1060 g/mol. The first kappa shape index (κ1) is 58.7. The number of hydrogen-bond donors (Lipinski definition) is 0. The molecule has 84 heavy (non-hydrogen) atoms. The SMILES string of the molecule is COc1ccc(OC)c(C#Cc2cc(OC)c(C#Cc3cc(OC)c(C#Cc4ccc(-c5ccc(C#Cc6cc(OC)c(C#Cc7cc(OC)c(C#Cc8cc(OC)ccc8OC)cc7OC)cc6OC)cn5)nc4)cc3OC)cc2OC)c1. The average Bonchev–Trinajstić information content (AvgIpc) is 3.56. The van der Waals surface area contributed by atoms with E-state index in [2.05, 4.69) is 81.0 Å². The van der Waals surface area contributed by atoms with Crippen LogP contribution in [0.3, 0.4) is 0 Å². The molecule has 2 heterocycles. The quantitative estimate of drug-likeness (QED) is 0.101. The summed E-state index contributed by atoms with van der Waals surface area (Å²) in [7, 11) is 18.9. The standard InChI is InChI=1S/C70H56N2O12/c1-73-57-27-31-61(75-3)47(33-57)19-21-51-39-69(83-11)55(41-67(51)81-9)25-23-53-37-63(77-5)49(35-65(53)79-7)17-13-45-15-29-59(71-43-45)60-30-16-46(44-72-60)14-18-50-36-66(80-8)54(38-64(50)78-6)24-26-56-42-68(82-10)52(40-70(56)84-12)22-20-48-34-58(74-2)28-32-62(48)76-4/h15-16,27-44H,1-12H3. The third kappa shape index (κ3) is 13.9. The first-order valence-electron chi connectivity index (χ1n) is 25.6. The van der Waals surface area contributed by atoms with Crippen molar-refractivity contribution in [2.24, 2.45) is 0 Å². The Morgan fingerprint density at radius 3 is 0.619 bits per heavy atom. The highest BCUT2D eigenvalue weighted by Crippen LogP contribution is 2.34. The average molecular weight is 1120 g/mol. The molecule has 6 aromatic carbocycles. The Labute approximate surface area is 489 Å². The molecule has 0 aliphatic carbocycles. The number of hydrogen-bond acceptors (Lipinski definition) is 14. The Morgan fingerprint density at radius 1 is 0.214 bits per heavy atom. The van der Waals surface area contributed by atoms with Crippen molar-refractivity contribution < 1.29 is 56.8 Å². The van der Waals surface area contributed by atoms with Gasteiger partial charge in [-0.05, 0) is 60.7 Å². The van der Waals surface area contributed by atoms with Crippen molar-refractivity contribution in [2.45, 2.75) is 0 Å². The van der Waals surface area contributed by atoms with Crippen molar-refractivity contribution in [1.29, 1.82) is 0 Å². The molecule has 2 aromatic heterocycles. The molecule has 14 nitrogen and oxygen atoms in total. The van der Waals surface area contributed by atoms with Crippen LogP contribution in [-0.4, -0.2) is 95.3 Å². The maximum absolute atomic E-state index is 5.77. The van der Waals surface area contributed by atoms with E-state index in [4.69, 9.17) is 56.8 Å². The molecule has 418 valence electrons. The number of methoxy groups -OCH3 is 12. The van der Waals surface area contributed by atoms with Crippen LogP contribution in [0.25, 0.3) is 11.4 Å². The topological polar surface area (TPSA) is 137 Å². The van der Waals surface area contributed by atoms with Gasteiger partial charge in [0.05, 0.1) is 152 Å². The molecule has 8 rings (SSSR count). The molecule has 0 radical (unpaired) electrons. The summed E-state index contributed by atoms with van der Waals surface area (Å²) in [5, 5.41) is 0. The summed E-state index contributed by atoms with van der Waals surface area (Å²) in [6.07, 6.45) is 3.37. The minimum atomic E-state index is 0.498. The minimum Gasteiger partial charge on any atom is -0.497 e. The van der Waals surface area contributed by atoms with E-state index in [-0.39, 0.29) is 0 Å². The van der Waals surface area contributed by atoms with Crippen LogP contribution >= 0.6 is 0 Å². The number of aromatic nitrogens is 2. The van der Waals surface area contributed by atoms with Crippen LogP contribution in [0.2, 0.25) is 0 Å². The van der Waals surface area contributed by atoms with Gasteiger partial charge in [0.2, 0.25) is 0 Å². The van der Waals surface area contributed by atoms with Gasteiger partial charge in [0.1, 0.15) is 69.0 Å². The van der Waals surface area contributed by atoms with Gasteiger partial charge >= 0.3 is 0 Å². The first-order chi connectivity index (χ1) is 41.0. The van der Waals surface area contributed by atoms with E-state index in [9.17, 15) is 0 Å². The van der Waals surface area contributed by atoms with E-state index >= 15 is 0 Å². The molecule has 0 N–H and O–H groups in total. The lowest BCUT2D eigenvalue weighted by atomic mass is 10.1. The lowest BCUT2D eigenvalue weighted by Crippen LogP contribution is -1.96. The van der Waals surface area contributed by atoms with Gasteiger partial charge in [0, 0.05) is 72.1 Å². The van der Waals surface area contributed by atoms with E-state index in [1.54, 1.807) is 171 Å². The second kappa shape index (κ2) is 28.1. The monoisotopic (exact) mass is 1120 g/mol. The number of pyridine rings is 2. The lowest BCUT2D eigenvalue weighted by molar-refractivity contribution is 0.400. The molecule has 0 amide bonds. The Balaban J connectivity index is 0.960. The molecule has 14 heteroatoms. The van der Waals surface area contributed by atoms with E-state index in [1.165, 1.54) is 0 Å². The summed E-state index contributed by atoms with van der Waals surface area (Å²) in [6, 6.07) is 32.5. The fourth-order valence-corrected chi connectivity index (χ4v) is 8.25. The van der Waals surface area contributed by atoms with Crippen LogP contribution in [-0.2, 0) is 0 Å². The smallest absolute Gasteiger partial charge is 0.136 e. The van der Waals surface area contributed by atoms with Crippen LogP contribution < -0.4 is 56.8 Å². The van der Waals surface area contributed by atoms with Crippen LogP contribution in [0.4, 0.5) is 0 Å². The Morgan fingerprint density at radius 2 is 0.429 bits per heavy atom. The zero-order chi connectivity index (χ0) is 59.5. The predicted molar refractivity (Wildman–Crippen MR) is 321 cm³/mol. The van der Waals surface area contributed by atoms with Crippen LogP contribution in [0.15, 0.2) is 122 Å². The molecule has 0 saturated heterocycles. The fourth-order valence-electron chi connectivity index (χ4n) is 8.25. The second-order valence-electron chi connectivity index (χ2n) is 17.5. The van der Waals surface area contributed by atoms with Crippen molar-refractivity contribution in [1.82, 2.24) is 9.97 Å². The molecule has 0 bridgehead atoms. The zero-order valence-electron chi connectivity index (χ0n) is 48.3.